The van der Waals surface area contributed by atoms with Crippen LogP contribution >= 0.6 is 0 Å². The lowest BCUT2D eigenvalue weighted by molar-refractivity contribution is 0.206. The van der Waals surface area contributed by atoms with Gasteiger partial charge in [0.25, 0.3) is 0 Å². The van der Waals surface area contributed by atoms with Gasteiger partial charge in [0.05, 0.1) is 0 Å². The Morgan fingerprint density at radius 2 is 1.94 bits per heavy atom. The van der Waals surface area contributed by atoms with Gasteiger partial charge in [0.1, 0.15) is 0 Å². The lowest BCUT2D eigenvalue weighted by Gasteiger charge is -2.39. The van der Waals surface area contributed by atoms with Crippen LogP contribution in [0.5, 0.6) is 0 Å². The molecule has 1 nitrogen and oxygen atoms in total. The number of rotatable bonds is 3. The quantitative estimate of drug-likeness (QED) is 0.834. The third-order valence-electron chi connectivity index (χ3n) is 4.28. The summed E-state index contributed by atoms with van der Waals surface area (Å²) in [6.45, 7) is 8.18. The molecular formula is C16H25N. The van der Waals surface area contributed by atoms with Crippen LogP contribution in [-0.2, 0) is 0 Å². The molecule has 1 aliphatic heterocycles. The summed E-state index contributed by atoms with van der Waals surface area (Å²) < 4.78 is 0. The molecule has 0 aliphatic carbocycles. The SMILES string of the molecule is CCC1CC(C(C)C)C(c2ccccc2)CN1. The zero-order valence-electron chi connectivity index (χ0n) is 11.3. The third-order valence-corrected chi connectivity index (χ3v) is 4.28. The Balaban J connectivity index is 2.16. The van der Waals surface area contributed by atoms with E-state index in [4.69, 9.17) is 0 Å². The monoisotopic (exact) mass is 231 g/mol. The number of hydrogen-bond acceptors (Lipinski definition) is 1. The first-order valence-corrected chi connectivity index (χ1v) is 7.00. The highest BCUT2D eigenvalue weighted by atomic mass is 14.9. The van der Waals surface area contributed by atoms with Crippen LogP contribution < -0.4 is 5.32 Å². The van der Waals surface area contributed by atoms with E-state index in [1.165, 1.54) is 18.4 Å². The zero-order valence-corrected chi connectivity index (χ0v) is 11.3. The van der Waals surface area contributed by atoms with E-state index in [9.17, 15) is 0 Å². The molecule has 1 aromatic carbocycles. The van der Waals surface area contributed by atoms with Crippen LogP contribution in [0.3, 0.4) is 0 Å². The van der Waals surface area contributed by atoms with Crippen molar-refractivity contribution in [1.82, 2.24) is 5.32 Å². The highest BCUT2D eigenvalue weighted by molar-refractivity contribution is 5.22. The molecule has 1 heteroatoms. The zero-order chi connectivity index (χ0) is 12.3. The Morgan fingerprint density at radius 1 is 1.24 bits per heavy atom. The Morgan fingerprint density at radius 3 is 2.53 bits per heavy atom. The molecule has 3 atom stereocenters. The average molecular weight is 231 g/mol. The van der Waals surface area contributed by atoms with Crippen LogP contribution in [0.25, 0.3) is 0 Å². The van der Waals surface area contributed by atoms with Gasteiger partial charge in [-0.15, -0.1) is 0 Å². The third kappa shape index (κ3) is 2.90. The fourth-order valence-corrected chi connectivity index (χ4v) is 3.13. The van der Waals surface area contributed by atoms with E-state index < -0.39 is 0 Å². The van der Waals surface area contributed by atoms with Gasteiger partial charge in [-0.05, 0) is 36.2 Å². The van der Waals surface area contributed by atoms with E-state index in [1.54, 1.807) is 0 Å². The molecule has 3 unspecified atom stereocenters. The molecule has 94 valence electrons. The summed E-state index contributed by atoms with van der Waals surface area (Å²) in [5.74, 6) is 2.29. The minimum absolute atomic E-state index is 0.694. The molecule has 1 aliphatic rings. The van der Waals surface area contributed by atoms with Gasteiger partial charge in [0, 0.05) is 12.6 Å². The maximum Gasteiger partial charge on any atom is 0.00676 e. The molecule has 1 saturated heterocycles. The Bertz CT molecular complexity index is 331. The molecule has 0 bridgehead atoms. The lowest BCUT2D eigenvalue weighted by Crippen LogP contribution is -2.44. The smallest absolute Gasteiger partial charge is 0.00676 e. The van der Waals surface area contributed by atoms with Crippen molar-refractivity contribution in [2.24, 2.45) is 11.8 Å². The van der Waals surface area contributed by atoms with Crippen molar-refractivity contribution >= 4 is 0 Å². The summed E-state index contributed by atoms with van der Waals surface area (Å²) in [4.78, 5) is 0. The summed E-state index contributed by atoms with van der Waals surface area (Å²) >= 11 is 0. The van der Waals surface area contributed by atoms with Crippen molar-refractivity contribution in [2.45, 2.75) is 45.6 Å². The van der Waals surface area contributed by atoms with Gasteiger partial charge in [0.15, 0.2) is 0 Å². The Kier molecular flexibility index (Phi) is 4.22. The predicted octanol–water partition coefficient (Wildman–Crippen LogP) is 3.81. The van der Waals surface area contributed by atoms with E-state index in [0.29, 0.717) is 5.92 Å². The van der Waals surface area contributed by atoms with E-state index in [1.807, 2.05) is 0 Å². The first-order chi connectivity index (χ1) is 8.22. The van der Waals surface area contributed by atoms with Crippen molar-refractivity contribution in [1.29, 1.82) is 0 Å². The van der Waals surface area contributed by atoms with Crippen LogP contribution in [0.2, 0.25) is 0 Å². The molecule has 1 fully saturated rings. The highest BCUT2D eigenvalue weighted by Crippen LogP contribution is 2.36. The van der Waals surface area contributed by atoms with E-state index in [0.717, 1.165) is 24.4 Å². The van der Waals surface area contributed by atoms with E-state index >= 15 is 0 Å². The maximum absolute atomic E-state index is 3.70. The van der Waals surface area contributed by atoms with Gasteiger partial charge in [-0.2, -0.15) is 0 Å². The topological polar surface area (TPSA) is 12.0 Å². The molecule has 0 saturated carbocycles. The van der Waals surface area contributed by atoms with Gasteiger partial charge >= 0.3 is 0 Å². The number of hydrogen-bond donors (Lipinski definition) is 1. The summed E-state index contributed by atoms with van der Waals surface area (Å²) in [6, 6.07) is 11.7. The Hall–Kier alpha value is -0.820. The minimum atomic E-state index is 0.694. The van der Waals surface area contributed by atoms with Crippen molar-refractivity contribution in [3.63, 3.8) is 0 Å². The number of piperidine rings is 1. The van der Waals surface area contributed by atoms with E-state index in [-0.39, 0.29) is 0 Å². The molecule has 2 rings (SSSR count). The van der Waals surface area contributed by atoms with Gasteiger partial charge < -0.3 is 5.32 Å². The highest BCUT2D eigenvalue weighted by Gasteiger charge is 2.32. The molecule has 1 aromatic rings. The first-order valence-electron chi connectivity index (χ1n) is 7.00. The standard InChI is InChI=1S/C16H25N/c1-4-14-10-15(12(2)3)16(11-17-14)13-8-6-5-7-9-13/h5-9,12,14-17H,4,10-11H2,1-3H3. The summed E-state index contributed by atoms with van der Waals surface area (Å²) in [5, 5.41) is 3.70. The van der Waals surface area contributed by atoms with Crippen LogP contribution in [0.1, 0.15) is 45.1 Å². The molecular weight excluding hydrogens is 206 g/mol. The predicted molar refractivity (Wildman–Crippen MR) is 74.2 cm³/mol. The number of benzene rings is 1. The molecule has 0 amide bonds. The molecule has 0 aromatic heterocycles. The molecule has 0 radical (unpaired) electrons. The van der Waals surface area contributed by atoms with Crippen molar-refractivity contribution in [3.8, 4) is 0 Å². The molecule has 17 heavy (non-hydrogen) atoms. The van der Waals surface area contributed by atoms with Crippen LogP contribution in [0.15, 0.2) is 30.3 Å². The summed E-state index contributed by atoms with van der Waals surface area (Å²) in [6.07, 6.45) is 2.58. The first kappa shape index (κ1) is 12.6. The van der Waals surface area contributed by atoms with Gasteiger partial charge in [-0.1, -0.05) is 51.1 Å². The van der Waals surface area contributed by atoms with Crippen LogP contribution in [0, 0.1) is 11.8 Å². The van der Waals surface area contributed by atoms with Gasteiger partial charge in [-0.25, -0.2) is 0 Å². The number of nitrogens with one attached hydrogen (secondary N) is 1. The van der Waals surface area contributed by atoms with Crippen molar-refractivity contribution < 1.29 is 0 Å². The molecule has 1 heterocycles. The molecule has 1 N–H and O–H groups in total. The fourth-order valence-electron chi connectivity index (χ4n) is 3.13. The summed E-state index contributed by atoms with van der Waals surface area (Å²) in [7, 11) is 0. The van der Waals surface area contributed by atoms with Crippen LogP contribution in [0.4, 0.5) is 0 Å². The second-order valence-corrected chi connectivity index (χ2v) is 5.67. The minimum Gasteiger partial charge on any atom is -0.313 e. The molecule has 0 spiro atoms. The normalized spacial score (nSPS) is 29.5. The average Bonchev–Trinajstić information content (AvgIpc) is 2.39. The van der Waals surface area contributed by atoms with E-state index in [2.05, 4.69) is 56.4 Å². The van der Waals surface area contributed by atoms with Gasteiger partial charge in [-0.3, -0.25) is 0 Å². The summed E-state index contributed by atoms with van der Waals surface area (Å²) in [5.41, 5.74) is 1.51. The van der Waals surface area contributed by atoms with Crippen molar-refractivity contribution in [2.75, 3.05) is 6.54 Å². The maximum atomic E-state index is 3.70. The van der Waals surface area contributed by atoms with Crippen LogP contribution in [-0.4, -0.2) is 12.6 Å². The van der Waals surface area contributed by atoms with Crippen molar-refractivity contribution in [3.05, 3.63) is 35.9 Å². The largest absolute Gasteiger partial charge is 0.313 e. The van der Waals surface area contributed by atoms with Gasteiger partial charge in [0.2, 0.25) is 0 Å². The Labute approximate surface area is 106 Å². The lowest BCUT2D eigenvalue weighted by atomic mass is 9.73. The second-order valence-electron chi connectivity index (χ2n) is 5.67. The fraction of sp³-hybridized carbons (Fsp3) is 0.625. The second kappa shape index (κ2) is 5.68.